The van der Waals surface area contributed by atoms with Crippen molar-refractivity contribution < 1.29 is 18.0 Å². The summed E-state index contributed by atoms with van der Waals surface area (Å²) in [7, 11) is 0. The summed E-state index contributed by atoms with van der Waals surface area (Å²) < 4.78 is 38.1. The Hall–Kier alpha value is -1.93. The molecule has 0 bridgehead atoms. The highest BCUT2D eigenvalue weighted by molar-refractivity contribution is 7.17. The summed E-state index contributed by atoms with van der Waals surface area (Å²) in [4.78, 5) is 19.8. The highest BCUT2D eigenvalue weighted by Gasteiger charge is 2.30. The van der Waals surface area contributed by atoms with Gasteiger partial charge in [-0.25, -0.2) is 4.98 Å². The maximum absolute atomic E-state index is 12.7. The molecule has 2 heterocycles. The Bertz CT molecular complexity index is 815. The van der Waals surface area contributed by atoms with Gasteiger partial charge in [-0.3, -0.25) is 9.69 Å². The number of carbonyl (C=O) groups is 1. The molecule has 1 atom stereocenters. The van der Waals surface area contributed by atoms with Crippen LogP contribution >= 0.6 is 11.3 Å². The van der Waals surface area contributed by atoms with Crippen LogP contribution in [0.5, 0.6) is 0 Å². The van der Waals surface area contributed by atoms with Crippen LogP contribution in [0.4, 0.5) is 13.2 Å². The summed E-state index contributed by atoms with van der Waals surface area (Å²) >= 11 is 1.21. The van der Waals surface area contributed by atoms with E-state index in [0.717, 1.165) is 31.6 Å². The molecule has 1 saturated heterocycles. The van der Waals surface area contributed by atoms with E-state index in [1.165, 1.54) is 23.5 Å². The van der Waals surface area contributed by atoms with Crippen LogP contribution in [0, 0.1) is 6.92 Å². The monoisotopic (exact) mass is 397 g/mol. The predicted octanol–water partition coefficient (Wildman–Crippen LogP) is 4.35. The zero-order valence-electron chi connectivity index (χ0n) is 15.4. The van der Waals surface area contributed by atoms with Crippen molar-refractivity contribution >= 4 is 17.2 Å². The summed E-state index contributed by atoms with van der Waals surface area (Å²) in [6.07, 6.45) is -3.46. The molecule has 146 valence electrons. The molecule has 2 aromatic rings. The van der Waals surface area contributed by atoms with Gasteiger partial charge < -0.3 is 5.32 Å². The van der Waals surface area contributed by atoms with Gasteiger partial charge in [0.2, 0.25) is 0 Å². The average Bonchev–Trinajstić information content (AvgIpc) is 3.21. The number of nitrogens with one attached hydrogen (secondary N) is 1. The normalized spacial score (nSPS) is 18.3. The first-order chi connectivity index (χ1) is 12.6. The number of benzene rings is 1. The second kappa shape index (κ2) is 7.59. The lowest BCUT2D eigenvalue weighted by atomic mass is 10.1. The topological polar surface area (TPSA) is 45.2 Å². The minimum atomic E-state index is -4.37. The number of hydrogen-bond donors (Lipinski definition) is 1. The Morgan fingerprint density at radius 1 is 1.30 bits per heavy atom. The molecule has 0 saturated carbocycles. The van der Waals surface area contributed by atoms with E-state index >= 15 is 0 Å². The zero-order valence-corrected chi connectivity index (χ0v) is 16.2. The average molecular weight is 397 g/mol. The molecular formula is C19H22F3N3OS. The molecule has 0 aliphatic carbocycles. The zero-order chi connectivity index (χ0) is 19.8. The van der Waals surface area contributed by atoms with Gasteiger partial charge in [0.05, 0.1) is 11.3 Å². The summed E-state index contributed by atoms with van der Waals surface area (Å²) in [6, 6.07) is 5.40. The van der Waals surface area contributed by atoms with E-state index in [2.05, 4.69) is 29.0 Å². The van der Waals surface area contributed by atoms with Crippen molar-refractivity contribution in [3.8, 4) is 10.6 Å². The Labute approximate surface area is 160 Å². The Morgan fingerprint density at radius 2 is 1.96 bits per heavy atom. The third-order valence-electron chi connectivity index (χ3n) is 4.75. The van der Waals surface area contributed by atoms with Crippen LogP contribution in [-0.4, -0.2) is 41.0 Å². The van der Waals surface area contributed by atoms with E-state index in [1.807, 2.05) is 0 Å². The lowest BCUT2D eigenvalue weighted by Gasteiger charge is -2.20. The molecule has 3 rings (SSSR count). The molecule has 1 aliphatic heterocycles. The van der Waals surface area contributed by atoms with E-state index in [1.54, 1.807) is 6.92 Å². The fourth-order valence-corrected chi connectivity index (χ4v) is 4.13. The third kappa shape index (κ3) is 4.50. The maximum atomic E-state index is 12.7. The van der Waals surface area contributed by atoms with E-state index in [-0.39, 0.29) is 11.9 Å². The van der Waals surface area contributed by atoms with Crippen molar-refractivity contribution in [3.05, 3.63) is 40.4 Å². The molecule has 0 spiro atoms. The number of carbonyl (C=O) groups excluding carboxylic acids is 1. The third-order valence-corrected chi connectivity index (χ3v) is 5.95. The van der Waals surface area contributed by atoms with Gasteiger partial charge in [-0.15, -0.1) is 11.3 Å². The number of alkyl halides is 3. The van der Waals surface area contributed by atoms with Crippen LogP contribution in [0.2, 0.25) is 0 Å². The van der Waals surface area contributed by atoms with Gasteiger partial charge in [-0.2, -0.15) is 13.2 Å². The number of thiazole rings is 1. The van der Waals surface area contributed by atoms with Gasteiger partial charge >= 0.3 is 6.18 Å². The van der Waals surface area contributed by atoms with Crippen LogP contribution in [0.1, 0.15) is 41.2 Å². The molecule has 1 N–H and O–H groups in total. The van der Waals surface area contributed by atoms with Crippen LogP contribution in [0.15, 0.2) is 24.3 Å². The molecule has 1 aliphatic rings. The lowest BCUT2D eigenvalue weighted by molar-refractivity contribution is -0.137. The standard InChI is InChI=1S/C19H22F3N3OS/c1-11(2)25-9-8-15(10-25)24-17(26)16-12(3)23-18(27-16)13-4-6-14(7-5-13)19(20,21)22/h4-7,11,15H,8-10H2,1-3H3,(H,24,26). The van der Waals surface area contributed by atoms with Crippen molar-refractivity contribution in [1.82, 2.24) is 15.2 Å². The minimum absolute atomic E-state index is 0.107. The van der Waals surface area contributed by atoms with Gasteiger partial charge in [0.1, 0.15) is 9.88 Å². The molecule has 27 heavy (non-hydrogen) atoms. The van der Waals surface area contributed by atoms with Gasteiger partial charge in [0, 0.05) is 30.7 Å². The van der Waals surface area contributed by atoms with Crippen LogP contribution < -0.4 is 5.32 Å². The van der Waals surface area contributed by atoms with Gasteiger partial charge in [-0.05, 0) is 39.3 Å². The number of aryl methyl sites for hydroxylation is 1. The first-order valence-electron chi connectivity index (χ1n) is 8.85. The number of halogens is 3. The van der Waals surface area contributed by atoms with Crippen LogP contribution in [-0.2, 0) is 6.18 Å². The van der Waals surface area contributed by atoms with E-state index in [4.69, 9.17) is 0 Å². The first-order valence-corrected chi connectivity index (χ1v) is 9.66. The molecule has 0 radical (unpaired) electrons. The smallest absolute Gasteiger partial charge is 0.347 e. The molecule has 1 aromatic heterocycles. The van der Waals surface area contributed by atoms with Gasteiger partial charge in [0.25, 0.3) is 5.91 Å². The Kier molecular flexibility index (Phi) is 5.58. The van der Waals surface area contributed by atoms with Crippen molar-refractivity contribution in [2.45, 2.75) is 45.5 Å². The number of aromatic nitrogens is 1. The minimum Gasteiger partial charge on any atom is -0.347 e. The highest BCUT2D eigenvalue weighted by Crippen LogP contribution is 2.33. The largest absolute Gasteiger partial charge is 0.416 e. The fourth-order valence-electron chi connectivity index (χ4n) is 3.16. The summed E-state index contributed by atoms with van der Waals surface area (Å²) in [6.45, 7) is 7.80. The highest BCUT2D eigenvalue weighted by atomic mass is 32.1. The first kappa shape index (κ1) is 19.8. The fraction of sp³-hybridized carbons (Fsp3) is 0.474. The van der Waals surface area contributed by atoms with Crippen molar-refractivity contribution in [1.29, 1.82) is 0 Å². The number of amides is 1. The molecule has 1 fully saturated rings. The van der Waals surface area contributed by atoms with Crippen LogP contribution in [0.25, 0.3) is 10.6 Å². The number of nitrogens with zero attached hydrogens (tertiary/aromatic N) is 2. The van der Waals surface area contributed by atoms with Crippen LogP contribution in [0.3, 0.4) is 0 Å². The van der Waals surface area contributed by atoms with Crippen molar-refractivity contribution in [2.24, 2.45) is 0 Å². The quantitative estimate of drug-likeness (QED) is 0.834. The SMILES string of the molecule is Cc1nc(-c2ccc(C(F)(F)F)cc2)sc1C(=O)NC1CCN(C(C)C)C1. The second-order valence-corrected chi connectivity index (χ2v) is 8.06. The van der Waals surface area contributed by atoms with Crippen molar-refractivity contribution in [3.63, 3.8) is 0 Å². The van der Waals surface area contributed by atoms with Gasteiger partial charge in [0.15, 0.2) is 0 Å². The number of hydrogen-bond acceptors (Lipinski definition) is 4. The Morgan fingerprint density at radius 3 is 2.52 bits per heavy atom. The maximum Gasteiger partial charge on any atom is 0.416 e. The Balaban J connectivity index is 1.72. The lowest BCUT2D eigenvalue weighted by Crippen LogP contribution is -2.38. The number of rotatable bonds is 4. The van der Waals surface area contributed by atoms with E-state index in [9.17, 15) is 18.0 Å². The number of likely N-dealkylation sites (tertiary alicyclic amines) is 1. The van der Waals surface area contributed by atoms with E-state index in [0.29, 0.717) is 27.2 Å². The summed E-state index contributed by atoms with van der Waals surface area (Å²) in [5, 5.41) is 3.60. The predicted molar refractivity (Wildman–Crippen MR) is 99.9 cm³/mol. The van der Waals surface area contributed by atoms with E-state index < -0.39 is 11.7 Å². The summed E-state index contributed by atoms with van der Waals surface area (Å²) in [5.74, 6) is -0.168. The molecular weight excluding hydrogens is 375 g/mol. The van der Waals surface area contributed by atoms with Gasteiger partial charge in [-0.1, -0.05) is 12.1 Å². The second-order valence-electron chi connectivity index (χ2n) is 7.06. The molecule has 1 amide bonds. The molecule has 4 nitrogen and oxygen atoms in total. The summed E-state index contributed by atoms with van der Waals surface area (Å²) in [5.41, 5.74) is 0.460. The molecule has 1 unspecified atom stereocenters. The van der Waals surface area contributed by atoms with Crippen molar-refractivity contribution in [2.75, 3.05) is 13.1 Å². The molecule has 8 heteroatoms. The molecule has 1 aromatic carbocycles.